The van der Waals surface area contributed by atoms with E-state index in [1.807, 2.05) is 32.3 Å². The van der Waals surface area contributed by atoms with Gasteiger partial charge in [-0.05, 0) is 40.7 Å². The highest BCUT2D eigenvalue weighted by atomic mass is 16.5. The van der Waals surface area contributed by atoms with E-state index in [2.05, 4.69) is 0 Å². The fourth-order valence-corrected chi connectivity index (χ4v) is 3.29. The number of esters is 2. The first kappa shape index (κ1) is 23.5. The van der Waals surface area contributed by atoms with Crippen molar-refractivity contribution in [3.05, 3.63) is 28.6 Å². The third kappa shape index (κ3) is 5.24. The van der Waals surface area contributed by atoms with E-state index in [0.29, 0.717) is 24.2 Å². The summed E-state index contributed by atoms with van der Waals surface area (Å²) in [6.07, 6.45) is 3.10. The number of hydrogen-bond donors (Lipinski definition) is 0. The van der Waals surface area contributed by atoms with Gasteiger partial charge >= 0.3 is 11.9 Å². The van der Waals surface area contributed by atoms with Crippen LogP contribution in [0.5, 0.6) is 0 Å². The van der Waals surface area contributed by atoms with E-state index in [1.165, 1.54) is 13.2 Å². The SMILES string of the molecule is CCOC(=O)c1c(/C=C/C(=O)N(CC)CC(C)C(=O)OC)c(C)n(CC)c1C. The summed E-state index contributed by atoms with van der Waals surface area (Å²) in [6.45, 7) is 12.8. The molecule has 1 amide bonds. The van der Waals surface area contributed by atoms with Gasteiger partial charge in [-0.25, -0.2) is 4.79 Å². The Kier molecular flexibility index (Phi) is 8.96. The summed E-state index contributed by atoms with van der Waals surface area (Å²) in [5.41, 5.74) is 2.88. The molecule has 1 unspecified atom stereocenters. The minimum atomic E-state index is -0.414. The number of rotatable bonds is 9. The molecular formula is C21H32N2O5. The molecule has 0 radical (unpaired) electrons. The second kappa shape index (κ2) is 10.7. The van der Waals surface area contributed by atoms with Gasteiger partial charge < -0.3 is 18.9 Å². The second-order valence-corrected chi connectivity index (χ2v) is 6.56. The van der Waals surface area contributed by atoms with E-state index in [4.69, 9.17) is 9.47 Å². The molecule has 0 spiro atoms. The van der Waals surface area contributed by atoms with Gasteiger partial charge in [-0.2, -0.15) is 0 Å². The largest absolute Gasteiger partial charge is 0.469 e. The van der Waals surface area contributed by atoms with Crippen molar-refractivity contribution in [2.24, 2.45) is 5.92 Å². The molecule has 0 bridgehead atoms. The molecule has 1 atom stereocenters. The molecule has 0 aliphatic carbocycles. The van der Waals surface area contributed by atoms with Crippen LogP contribution in [-0.2, 0) is 25.6 Å². The maximum absolute atomic E-state index is 12.6. The topological polar surface area (TPSA) is 77.8 Å². The van der Waals surface area contributed by atoms with Crippen molar-refractivity contribution >= 4 is 23.9 Å². The molecule has 7 nitrogen and oxygen atoms in total. The van der Waals surface area contributed by atoms with Gasteiger partial charge in [0.05, 0.1) is 25.2 Å². The zero-order valence-corrected chi connectivity index (χ0v) is 18.0. The molecular weight excluding hydrogens is 360 g/mol. The molecule has 1 heterocycles. The van der Waals surface area contributed by atoms with Crippen molar-refractivity contribution in [3.63, 3.8) is 0 Å². The first-order valence-electron chi connectivity index (χ1n) is 9.64. The second-order valence-electron chi connectivity index (χ2n) is 6.56. The third-order valence-electron chi connectivity index (χ3n) is 4.81. The third-order valence-corrected chi connectivity index (χ3v) is 4.81. The minimum absolute atomic E-state index is 0.227. The Morgan fingerprint density at radius 3 is 2.29 bits per heavy atom. The van der Waals surface area contributed by atoms with Crippen molar-refractivity contribution in [1.82, 2.24) is 9.47 Å². The Hall–Kier alpha value is -2.57. The van der Waals surface area contributed by atoms with E-state index in [-0.39, 0.29) is 25.0 Å². The van der Waals surface area contributed by atoms with Crippen LogP contribution in [0.1, 0.15) is 55.0 Å². The van der Waals surface area contributed by atoms with E-state index >= 15 is 0 Å². The molecule has 0 fully saturated rings. The lowest BCUT2D eigenvalue weighted by atomic mass is 10.1. The van der Waals surface area contributed by atoms with Crippen LogP contribution in [0.2, 0.25) is 0 Å². The highest BCUT2D eigenvalue weighted by Gasteiger charge is 2.23. The average molecular weight is 392 g/mol. The number of hydrogen-bond acceptors (Lipinski definition) is 5. The Balaban J connectivity index is 3.17. The number of nitrogens with zero attached hydrogens (tertiary/aromatic N) is 2. The van der Waals surface area contributed by atoms with Crippen LogP contribution >= 0.6 is 0 Å². The maximum atomic E-state index is 12.6. The summed E-state index contributed by atoms with van der Waals surface area (Å²) >= 11 is 0. The van der Waals surface area contributed by atoms with Gasteiger partial charge in [0, 0.05) is 42.7 Å². The van der Waals surface area contributed by atoms with Crippen molar-refractivity contribution in [1.29, 1.82) is 0 Å². The van der Waals surface area contributed by atoms with Crippen LogP contribution in [0.4, 0.5) is 0 Å². The maximum Gasteiger partial charge on any atom is 0.340 e. The number of ether oxygens (including phenoxy) is 2. The monoisotopic (exact) mass is 392 g/mol. The lowest BCUT2D eigenvalue weighted by Crippen LogP contribution is -2.36. The molecule has 1 aromatic heterocycles. The van der Waals surface area contributed by atoms with Crippen LogP contribution in [0.15, 0.2) is 6.08 Å². The van der Waals surface area contributed by atoms with Crippen LogP contribution in [0.25, 0.3) is 6.08 Å². The van der Waals surface area contributed by atoms with Crippen LogP contribution < -0.4 is 0 Å². The standard InChI is InChI=1S/C21H32N2O5/c1-8-22(13-14(4)20(25)27-7)18(24)12-11-17-15(5)23(9-2)16(6)19(17)21(26)28-10-3/h11-12,14H,8-10,13H2,1-7H3/b12-11+. The molecule has 1 rings (SSSR count). The van der Waals surface area contributed by atoms with E-state index in [1.54, 1.807) is 24.8 Å². The number of carbonyl (C=O) groups is 3. The Labute approximate surface area is 167 Å². The zero-order chi connectivity index (χ0) is 21.4. The average Bonchev–Trinajstić information content (AvgIpc) is 2.92. The molecule has 0 saturated heterocycles. The summed E-state index contributed by atoms with van der Waals surface area (Å²) in [6, 6.07) is 0. The number of methoxy groups -OCH3 is 1. The summed E-state index contributed by atoms with van der Waals surface area (Å²) in [4.78, 5) is 38.3. The molecule has 1 aromatic rings. The predicted molar refractivity (Wildman–Crippen MR) is 108 cm³/mol. The van der Waals surface area contributed by atoms with Gasteiger partial charge in [-0.1, -0.05) is 6.92 Å². The van der Waals surface area contributed by atoms with Crippen molar-refractivity contribution in [3.8, 4) is 0 Å². The predicted octanol–water partition coefficient (Wildman–Crippen LogP) is 2.97. The first-order chi connectivity index (χ1) is 13.2. The van der Waals surface area contributed by atoms with Crippen molar-refractivity contribution in [2.75, 3.05) is 26.8 Å². The van der Waals surface area contributed by atoms with Crippen LogP contribution in [0.3, 0.4) is 0 Å². The lowest BCUT2D eigenvalue weighted by Gasteiger charge is -2.22. The highest BCUT2D eigenvalue weighted by molar-refractivity contribution is 5.99. The number of amides is 1. The summed E-state index contributed by atoms with van der Waals surface area (Å²) < 4.78 is 11.9. The number of likely N-dealkylation sites (N-methyl/N-ethyl adjacent to an activating group) is 1. The first-order valence-corrected chi connectivity index (χ1v) is 9.64. The molecule has 0 aliphatic heterocycles. The Morgan fingerprint density at radius 1 is 1.14 bits per heavy atom. The van der Waals surface area contributed by atoms with Crippen LogP contribution in [0, 0.1) is 19.8 Å². The quantitative estimate of drug-likeness (QED) is 0.477. The summed E-state index contributed by atoms with van der Waals surface area (Å²) in [5, 5.41) is 0. The van der Waals surface area contributed by atoms with Crippen molar-refractivity contribution in [2.45, 2.75) is 48.1 Å². The van der Waals surface area contributed by atoms with Gasteiger partial charge in [-0.15, -0.1) is 0 Å². The van der Waals surface area contributed by atoms with Gasteiger partial charge in [0.15, 0.2) is 0 Å². The lowest BCUT2D eigenvalue weighted by molar-refractivity contribution is -0.146. The summed E-state index contributed by atoms with van der Waals surface area (Å²) in [5.74, 6) is -1.39. The summed E-state index contributed by atoms with van der Waals surface area (Å²) in [7, 11) is 1.33. The Bertz CT molecular complexity index is 748. The van der Waals surface area contributed by atoms with Gasteiger partial charge in [0.2, 0.25) is 5.91 Å². The molecule has 28 heavy (non-hydrogen) atoms. The van der Waals surface area contributed by atoms with E-state index < -0.39 is 11.9 Å². The molecule has 0 saturated carbocycles. The van der Waals surface area contributed by atoms with E-state index in [0.717, 1.165) is 11.4 Å². The smallest absolute Gasteiger partial charge is 0.340 e. The molecule has 7 heteroatoms. The normalized spacial score (nSPS) is 12.1. The Morgan fingerprint density at radius 2 is 1.79 bits per heavy atom. The molecule has 0 aromatic carbocycles. The number of carbonyl (C=O) groups excluding carboxylic acids is 3. The van der Waals surface area contributed by atoms with Gasteiger partial charge in [-0.3, -0.25) is 9.59 Å². The fraction of sp³-hybridized carbons (Fsp3) is 0.571. The molecule has 156 valence electrons. The van der Waals surface area contributed by atoms with Gasteiger partial charge in [0.1, 0.15) is 0 Å². The van der Waals surface area contributed by atoms with Crippen LogP contribution in [-0.4, -0.2) is 54.1 Å². The van der Waals surface area contributed by atoms with Gasteiger partial charge in [0.25, 0.3) is 0 Å². The molecule has 0 aliphatic rings. The minimum Gasteiger partial charge on any atom is -0.469 e. The van der Waals surface area contributed by atoms with E-state index in [9.17, 15) is 14.4 Å². The fourth-order valence-electron chi connectivity index (χ4n) is 3.29. The zero-order valence-electron chi connectivity index (χ0n) is 18.0. The number of aromatic nitrogens is 1. The molecule has 0 N–H and O–H groups in total. The van der Waals surface area contributed by atoms with Crippen molar-refractivity contribution < 1.29 is 23.9 Å². The highest BCUT2D eigenvalue weighted by Crippen LogP contribution is 2.25.